The average molecular weight is 449 g/mol. The molecule has 7 heteroatoms. The SMILES string of the molecule is CC[C@@H](NC(=O)OCC1c2ccccc2-c2ccccc21)C(=O)N1[C@@H]2CC[C@H]1[C@@H](C(=O)O)C2. The van der Waals surface area contributed by atoms with Crippen molar-refractivity contribution in [2.75, 3.05) is 6.61 Å². The van der Waals surface area contributed by atoms with E-state index in [4.69, 9.17) is 4.74 Å². The molecule has 2 heterocycles. The van der Waals surface area contributed by atoms with Crippen molar-refractivity contribution in [3.05, 3.63) is 59.7 Å². The van der Waals surface area contributed by atoms with Crippen LogP contribution in [-0.4, -0.2) is 52.7 Å². The molecule has 0 aromatic heterocycles. The van der Waals surface area contributed by atoms with Crippen molar-refractivity contribution in [3.8, 4) is 11.1 Å². The molecule has 7 nitrogen and oxygen atoms in total. The summed E-state index contributed by atoms with van der Waals surface area (Å²) in [5.74, 6) is -1.62. The van der Waals surface area contributed by atoms with Crippen LogP contribution < -0.4 is 5.32 Å². The van der Waals surface area contributed by atoms with Gasteiger partial charge in [0.25, 0.3) is 0 Å². The number of nitrogens with one attached hydrogen (secondary N) is 1. The quantitative estimate of drug-likeness (QED) is 0.701. The highest BCUT2D eigenvalue weighted by Gasteiger charge is 2.52. The van der Waals surface area contributed by atoms with Gasteiger partial charge in [0.2, 0.25) is 5.91 Å². The van der Waals surface area contributed by atoms with Gasteiger partial charge in [0.05, 0.1) is 5.92 Å². The van der Waals surface area contributed by atoms with E-state index in [2.05, 4.69) is 29.6 Å². The lowest BCUT2D eigenvalue weighted by Crippen LogP contribution is -2.50. The Labute approximate surface area is 192 Å². The fourth-order valence-corrected chi connectivity index (χ4v) is 5.90. The summed E-state index contributed by atoms with van der Waals surface area (Å²) in [5, 5.41) is 12.2. The maximum Gasteiger partial charge on any atom is 0.407 e. The molecule has 33 heavy (non-hydrogen) atoms. The van der Waals surface area contributed by atoms with Gasteiger partial charge >= 0.3 is 12.1 Å². The van der Waals surface area contributed by atoms with E-state index >= 15 is 0 Å². The van der Waals surface area contributed by atoms with Crippen molar-refractivity contribution in [3.63, 3.8) is 0 Å². The zero-order chi connectivity index (χ0) is 23.1. The van der Waals surface area contributed by atoms with Crippen LogP contribution in [0.3, 0.4) is 0 Å². The second-order valence-corrected chi connectivity index (χ2v) is 9.16. The zero-order valence-corrected chi connectivity index (χ0v) is 18.6. The average Bonchev–Trinajstić information content (AvgIpc) is 3.50. The van der Waals surface area contributed by atoms with Crippen LogP contribution in [0.5, 0.6) is 0 Å². The number of hydrogen-bond acceptors (Lipinski definition) is 4. The number of ether oxygens (including phenoxy) is 1. The molecule has 2 aromatic carbocycles. The van der Waals surface area contributed by atoms with Crippen LogP contribution in [0, 0.1) is 5.92 Å². The molecule has 4 atom stereocenters. The van der Waals surface area contributed by atoms with Crippen LogP contribution in [0.15, 0.2) is 48.5 Å². The molecule has 0 saturated carbocycles. The van der Waals surface area contributed by atoms with Crippen LogP contribution in [0.2, 0.25) is 0 Å². The lowest BCUT2D eigenvalue weighted by molar-refractivity contribution is -0.143. The Kier molecular flexibility index (Phi) is 5.56. The summed E-state index contributed by atoms with van der Waals surface area (Å²) in [4.78, 5) is 39.1. The molecule has 5 rings (SSSR count). The maximum absolute atomic E-state index is 13.2. The van der Waals surface area contributed by atoms with Gasteiger partial charge in [0.1, 0.15) is 12.6 Å². The highest BCUT2D eigenvalue weighted by Crippen LogP contribution is 2.45. The second-order valence-electron chi connectivity index (χ2n) is 9.16. The lowest BCUT2D eigenvalue weighted by Gasteiger charge is -2.28. The molecule has 2 aromatic rings. The van der Waals surface area contributed by atoms with Crippen LogP contribution >= 0.6 is 0 Å². The first kappa shape index (κ1) is 21.5. The van der Waals surface area contributed by atoms with Gasteiger partial charge in [0.15, 0.2) is 0 Å². The monoisotopic (exact) mass is 448 g/mol. The van der Waals surface area contributed by atoms with Crippen LogP contribution in [0.4, 0.5) is 4.79 Å². The third-order valence-corrected chi connectivity index (χ3v) is 7.45. The minimum atomic E-state index is -0.849. The number of rotatable bonds is 6. The number of benzene rings is 2. The Balaban J connectivity index is 1.24. The van der Waals surface area contributed by atoms with Crippen molar-refractivity contribution >= 4 is 18.0 Å². The predicted molar refractivity (Wildman–Crippen MR) is 122 cm³/mol. The van der Waals surface area contributed by atoms with Crippen molar-refractivity contribution in [2.45, 2.75) is 56.7 Å². The minimum absolute atomic E-state index is 0.0512. The van der Waals surface area contributed by atoms with Gasteiger partial charge in [-0.05, 0) is 47.9 Å². The van der Waals surface area contributed by atoms with Gasteiger partial charge in [-0.1, -0.05) is 55.5 Å². The Morgan fingerprint density at radius 3 is 2.27 bits per heavy atom. The summed E-state index contributed by atoms with van der Waals surface area (Å²) in [7, 11) is 0. The standard InChI is InChI=1S/C26H28N2O5/c1-2-22(24(29)28-15-11-12-23(28)20(13-15)25(30)31)27-26(32)33-14-21-18-9-5-3-7-16(18)17-8-4-6-10-19(17)21/h3-10,15,20-23H,2,11-14H2,1H3,(H,27,32)(H,30,31)/t15-,20+,22-,23+/m1/s1. The molecule has 2 fully saturated rings. The highest BCUT2D eigenvalue weighted by molar-refractivity contribution is 5.88. The zero-order valence-electron chi connectivity index (χ0n) is 18.6. The first-order chi connectivity index (χ1) is 16.0. The summed E-state index contributed by atoms with van der Waals surface area (Å²) in [6, 6.07) is 15.2. The number of hydrogen-bond donors (Lipinski definition) is 2. The topological polar surface area (TPSA) is 95.9 Å². The van der Waals surface area contributed by atoms with Gasteiger partial charge in [-0.25, -0.2) is 4.79 Å². The number of fused-ring (bicyclic) bond motifs is 5. The van der Waals surface area contributed by atoms with Crippen LogP contribution in [-0.2, 0) is 14.3 Å². The summed E-state index contributed by atoms with van der Waals surface area (Å²) < 4.78 is 5.60. The Bertz CT molecular complexity index is 1050. The van der Waals surface area contributed by atoms with Crippen LogP contribution in [0.25, 0.3) is 11.1 Å². The van der Waals surface area contributed by atoms with Gasteiger partial charge in [-0.2, -0.15) is 0 Å². The van der Waals surface area contributed by atoms with E-state index in [1.807, 2.05) is 31.2 Å². The number of alkyl carbamates (subject to hydrolysis) is 1. The number of carbonyl (C=O) groups is 3. The molecule has 2 aliphatic heterocycles. The van der Waals surface area contributed by atoms with Gasteiger partial charge in [-0.15, -0.1) is 0 Å². The van der Waals surface area contributed by atoms with Gasteiger partial charge < -0.3 is 20.1 Å². The second kappa shape index (κ2) is 8.54. The smallest absolute Gasteiger partial charge is 0.407 e. The fourth-order valence-electron chi connectivity index (χ4n) is 5.90. The fraction of sp³-hybridized carbons (Fsp3) is 0.423. The normalized spacial score (nSPS) is 23.7. The highest BCUT2D eigenvalue weighted by atomic mass is 16.5. The number of nitrogens with zero attached hydrogens (tertiary/aromatic N) is 1. The molecule has 172 valence electrons. The van der Waals surface area contributed by atoms with Crippen molar-refractivity contribution in [1.82, 2.24) is 10.2 Å². The predicted octanol–water partition coefficient (Wildman–Crippen LogP) is 3.77. The molecule has 2 amide bonds. The first-order valence-corrected chi connectivity index (χ1v) is 11.7. The Hall–Kier alpha value is -3.35. The van der Waals surface area contributed by atoms with Gasteiger partial charge in [0, 0.05) is 18.0 Å². The first-order valence-electron chi connectivity index (χ1n) is 11.7. The summed E-state index contributed by atoms with van der Waals surface area (Å²) in [6.07, 6.45) is 1.80. The van der Waals surface area contributed by atoms with E-state index in [0.717, 1.165) is 28.7 Å². The molecule has 0 unspecified atom stereocenters. The number of carboxylic acids is 1. The molecule has 0 spiro atoms. The van der Waals surface area contributed by atoms with Crippen LogP contribution in [0.1, 0.15) is 49.7 Å². The number of carboxylic acid groups (broad SMARTS) is 1. The third-order valence-electron chi connectivity index (χ3n) is 7.45. The van der Waals surface area contributed by atoms with E-state index in [0.29, 0.717) is 19.3 Å². The van der Waals surface area contributed by atoms with E-state index in [9.17, 15) is 19.5 Å². The summed E-state index contributed by atoms with van der Waals surface area (Å²) in [6.45, 7) is 2.01. The molecule has 2 bridgehead atoms. The van der Waals surface area contributed by atoms with E-state index < -0.39 is 24.0 Å². The van der Waals surface area contributed by atoms with Crippen molar-refractivity contribution in [1.29, 1.82) is 0 Å². The molecular formula is C26H28N2O5. The van der Waals surface area contributed by atoms with E-state index in [-0.39, 0.29) is 30.5 Å². The number of amides is 2. The van der Waals surface area contributed by atoms with Crippen molar-refractivity contribution < 1.29 is 24.2 Å². The van der Waals surface area contributed by atoms with Crippen molar-refractivity contribution in [2.24, 2.45) is 5.92 Å². The molecule has 2 N–H and O–H groups in total. The largest absolute Gasteiger partial charge is 0.481 e. The molecule has 3 aliphatic rings. The molecule has 0 radical (unpaired) electrons. The summed E-state index contributed by atoms with van der Waals surface area (Å²) >= 11 is 0. The minimum Gasteiger partial charge on any atom is -0.481 e. The number of aliphatic carboxylic acids is 1. The third kappa shape index (κ3) is 3.65. The molecule has 2 saturated heterocycles. The van der Waals surface area contributed by atoms with E-state index in [1.54, 1.807) is 4.90 Å². The Morgan fingerprint density at radius 1 is 1.06 bits per heavy atom. The maximum atomic E-state index is 13.2. The number of carbonyl (C=O) groups excluding carboxylic acids is 2. The van der Waals surface area contributed by atoms with E-state index in [1.165, 1.54) is 0 Å². The van der Waals surface area contributed by atoms with Gasteiger partial charge in [-0.3, -0.25) is 9.59 Å². The molecular weight excluding hydrogens is 420 g/mol. The lowest BCUT2D eigenvalue weighted by atomic mass is 9.89. The summed E-state index contributed by atoms with van der Waals surface area (Å²) in [5.41, 5.74) is 4.56. The Morgan fingerprint density at radius 2 is 1.70 bits per heavy atom. The molecule has 1 aliphatic carbocycles.